The summed E-state index contributed by atoms with van der Waals surface area (Å²) in [7, 11) is 0. The maximum Gasteiger partial charge on any atom is 0.418 e. The fraction of sp³-hybridized carbons (Fsp3) is 0.550. The zero-order valence-electron chi connectivity index (χ0n) is 17.7. The molecule has 1 atom stereocenters. The molecule has 0 radical (unpaired) electrons. The number of carbonyl (C=O) groups excluding carboxylic acids is 3. The molecule has 2 fully saturated rings. The Labute approximate surface area is 190 Å². The number of hydrogen-bond donors (Lipinski definition) is 2. The van der Waals surface area contributed by atoms with E-state index in [0.29, 0.717) is 17.4 Å². The summed E-state index contributed by atoms with van der Waals surface area (Å²) in [5.74, 6) is -3.39. The quantitative estimate of drug-likeness (QED) is 0.445. The molecule has 0 aromatic heterocycles. The van der Waals surface area contributed by atoms with Crippen LogP contribution in [0.2, 0.25) is 0 Å². The molecule has 2 aliphatic rings. The fourth-order valence-corrected chi connectivity index (χ4v) is 3.84. The predicted molar refractivity (Wildman–Crippen MR) is 107 cm³/mol. The van der Waals surface area contributed by atoms with Gasteiger partial charge in [0, 0.05) is 18.3 Å². The Balaban J connectivity index is 1.91. The lowest BCUT2D eigenvalue weighted by molar-refractivity contribution is -0.165. The van der Waals surface area contributed by atoms with Crippen LogP contribution in [0.25, 0.3) is 0 Å². The monoisotopic (exact) mass is 496 g/mol. The number of nitrogens with one attached hydrogen (secondary N) is 1. The van der Waals surface area contributed by atoms with E-state index in [9.17, 15) is 40.7 Å². The van der Waals surface area contributed by atoms with Crippen molar-refractivity contribution in [2.75, 3.05) is 36.5 Å². The van der Waals surface area contributed by atoms with Crippen LogP contribution in [0.3, 0.4) is 0 Å². The van der Waals surface area contributed by atoms with Crippen LogP contribution in [-0.2, 0) is 25.3 Å². The highest BCUT2D eigenvalue weighted by Gasteiger charge is 2.44. The van der Waals surface area contributed by atoms with Gasteiger partial charge >= 0.3 is 12.4 Å². The third-order valence-electron chi connectivity index (χ3n) is 5.62. The summed E-state index contributed by atoms with van der Waals surface area (Å²) < 4.78 is 85.5. The third-order valence-corrected chi connectivity index (χ3v) is 5.62. The van der Waals surface area contributed by atoms with E-state index in [2.05, 4.69) is 0 Å². The molecule has 0 spiro atoms. The zero-order chi connectivity index (χ0) is 25.3. The second-order valence-electron chi connectivity index (χ2n) is 7.99. The van der Waals surface area contributed by atoms with Crippen LogP contribution in [0.4, 0.5) is 37.7 Å². The first-order valence-electron chi connectivity index (χ1n) is 10.3. The number of amides is 3. The number of rotatable bonds is 7. The Bertz CT molecular complexity index is 948. The van der Waals surface area contributed by atoms with E-state index in [4.69, 9.17) is 10.5 Å². The van der Waals surface area contributed by atoms with Crippen molar-refractivity contribution in [3.8, 4) is 0 Å². The van der Waals surface area contributed by atoms with Crippen molar-refractivity contribution in [1.29, 1.82) is 0 Å². The minimum absolute atomic E-state index is 0.0133. The lowest BCUT2D eigenvalue weighted by Crippen LogP contribution is -2.59. The van der Waals surface area contributed by atoms with Crippen LogP contribution in [-0.4, -0.2) is 67.2 Å². The number of hydrogen-bond acceptors (Lipinski definition) is 5. The molecule has 8 nitrogen and oxygen atoms in total. The standard InChI is InChI=1S/C20H22F6N4O4/c21-19(22,23)10-30(11-2-1-3-11)16(17(27)32)18(33)28-14-5-4-12(8-13(14)20(24,25)26)29-6-7-34-9-15(29)31/h4-5,8,11,16H,1-3,6-7,9-10H2,(H2,27,32)(H,28,33)/t16-/m1/s1. The first-order valence-corrected chi connectivity index (χ1v) is 10.3. The van der Waals surface area contributed by atoms with Crippen LogP contribution in [0.15, 0.2) is 18.2 Å². The highest BCUT2D eigenvalue weighted by atomic mass is 19.4. The highest BCUT2D eigenvalue weighted by molar-refractivity contribution is 6.10. The van der Waals surface area contributed by atoms with Gasteiger partial charge in [0.25, 0.3) is 11.8 Å². The first-order chi connectivity index (χ1) is 15.8. The predicted octanol–water partition coefficient (Wildman–Crippen LogP) is 2.28. The molecule has 1 aromatic rings. The number of halogens is 6. The van der Waals surface area contributed by atoms with Crippen molar-refractivity contribution in [3.05, 3.63) is 23.8 Å². The number of anilines is 2. The molecule has 3 amide bonds. The van der Waals surface area contributed by atoms with E-state index in [1.165, 1.54) is 0 Å². The summed E-state index contributed by atoms with van der Waals surface area (Å²) in [6.07, 6.45) is -8.62. The summed E-state index contributed by atoms with van der Waals surface area (Å²) >= 11 is 0. The molecule has 188 valence electrons. The number of nitrogens with zero attached hydrogens (tertiary/aromatic N) is 2. The average molecular weight is 496 g/mol. The smallest absolute Gasteiger partial charge is 0.370 e. The minimum atomic E-state index is -4.99. The van der Waals surface area contributed by atoms with Crippen LogP contribution in [0, 0.1) is 0 Å². The van der Waals surface area contributed by atoms with Gasteiger partial charge in [-0.05, 0) is 31.0 Å². The van der Waals surface area contributed by atoms with E-state index in [1.807, 2.05) is 5.32 Å². The van der Waals surface area contributed by atoms with Crippen molar-refractivity contribution in [3.63, 3.8) is 0 Å². The third kappa shape index (κ3) is 5.97. The number of alkyl halides is 6. The number of carbonyl (C=O) groups is 3. The Morgan fingerprint density at radius 1 is 1.21 bits per heavy atom. The van der Waals surface area contributed by atoms with Crippen molar-refractivity contribution >= 4 is 29.1 Å². The molecule has 1 aliphatic carbocycles. The van der Waals surface area contributed by atoms with Crippen LogP contribution in [0.1, 0.15) is 24.8 Å². The molecule has 3 N–H and O–H groups in total. The van der Waals surface area contributed by atoms with E-state index in [1.54, 1.807) is 0 Å². The summed E-state index contributed by atoms with van der Waals surface area (Å²) in [6.45, 7) is -1.80. The second kappa shape index (κ2) is 9.78. The molecule has 1 saturated heterocycles. The summed E-state index contributed by atoms with van der Waals surface area (Å²) in [6, 6.07) is -0.242. The minimum Gasteiger partial charge on any atom is -0.370 e. The van der Waals surface area contributed by atoms with Gasteiger partial charge in [-0.2, -0.15) is 26.3 Å². The van der Waals surface area contributed by atoms with Crippen LogP contribution < -0.4 is 16.0 Å². The topological polar surface area (TPSA) is 105 Å². The molecular formula is C20H22F6N4O4. The van der Waals surface area contributed by atoms with Gasteiger partial charge in [0.05, 0.1) is 24.4 Å². The number of primary amides is 1. The maximum absolute atomic E-state index is 13.7. The largest absolute Gasteiger partial charge is 0.418 e. The lowest BCUT2D eigenvalue weighted by Gasteiger charge is -2.40. The van der Waals surface area contributed by atoms with E-state index >= 15 is 0 Å². The molecule has 1 saturated carbocycles. The molecule has 0 bridgehead atoms. The van der Waals surface area contributed by atoms with E-state index < -0.39 is 60.0 Å². The maximum atomic E-state index is 13.7. The van der Waals surface area contributed by atoms with Gasteiger partial charge in [-0.25, -0.2) is 0 Å². The number of benzene rings is 1. The molecule has 1 heterocycles. The van der Waals surface area contributed by atoms with Crippen molar-refractivity contribution in [2.45, 2.75) is 43.7 Å². The van der Waals surface area contributed by atoms with Crippen LogP contribution >= 0.6 is 0 Å². The number of ether oxygens (including phenoxy) is 1. The van der Waals surface area contributed by atoms with Gasteiger partial charge in [0.15, 0.2) is 6.04 Å². The van der Waals surface area contributed by atoms with Gasteiger partial charge in [0.2, 0.25) is 5.91 Å². The average Bonchev–Trinajstić information content (AvgIpc) is 2.65. The van der Waals surface area contributed by atoms with Gasteiger partial charge in [-0.3, -0.25) is 19.3 Å². The molecule has 34 heavy (non-hydrogen) atoms. The second-order valence-corrected chi connectivity index (χ2v) is 7.99. The Morgan fingerprint density at radius 3 is 2.38 bits per heavy atom. The van der Waals surface area contributed by atoms with Crippen molar-refractivity contribution in [1.82, 2.24) is 4.90 Å². The molecule has 1 aliphatic heterocycles. The van der Waals surface area contributed by atoms with Gasteiger partial charge < -0.3 is 20.7 Å². The summed E-state index contributed by atoms with van der Waals surface area (Å²) in [5.41, 5.74) is 2.98. The Hall–Kier alpha value is -2.87. The number of morpholine rings is 1. The van der Waals surface area contributed by atoms with Gasteiger partial charge in [0.1, 0.15) is 6.61 Å². The summed E-state index contributed by atoms with van der Waals surface area (Å²) in [4.78, 5) is 38.4. The van der Waals surface area contributed by atoms with E-state index in [0.717, 1.165) is 17.0 Å². The molecule has 3 rings (SSSR count). The Morgan fingerprint density at radius 2 is 1.88 bits per heavy atom. The van der Waals surface area contributed by atoms with Crippen molar-refractivity contribution < 1.29 is 45.5 Å². The molecule has 0 unspecified atom stereocenters. The summed E-state index contributed by atoms with van der Waals surface area (Å²) in [5, 5.41) is 1.91. The SMILES string of the molecule is NC(=O)[C@H](C(=O)Nc1ccc(N2CCOCC2=O)cc1C(F)(F)F)N(CC(F)(F)F)C1CCC1. The Kier molecular flexibility index (Phi) is 7.41. The molecule has 14 heteroatoms. The van der Waals surface area contributed by atoms with E-state index in [-0.39, 0.29) is 38.3 Å². The molecule has 1 aromatic carbocycles. The number of nitrogens with two attached hydrogens (primary N) is 1. The van der Waals surface area contributed by atoms with Gasteiger partial charge in [-0.1, -0.05) is 6.42 Å². The highest BCUT2D eigenvalue weighted by Crippen LogP contribution is 2.38. The fourth-order valence-electron chi connectivity index (χ4n) is 3.84. The zero-order valence-corrected chi connectivity index (χ0v) is 17.7. The normalized spacial score (nSPS) is 18.6. The van der Waals surface area contributed by atoms with Gasteiger partial charge in [-0.15, -0.1) is 0 Å². The molecular weight excluding hydrogens is 474 g/mol. The first kappa shape index (κ1) is 25.7. The lowest BCUT2D eigenvalue weighted by atomic mass is 9.90. The van der Waals surface area contributed by atoms with Crippen LogP contribution in [0.5, 0.6) is 0 Å². The van der Waals surface area contributed by atoms with Crippen molar-refractivity contribution in [2.24, 2.45) is 5.73 Å².